The predicted molar refractivity (Wildman–Crippen MR) is 96.5 cm³/mol. The number of hydrogen-bond acceptors (Lipinski definition) is 10. The number of rotatable bonds is 12. The Morgan fingerprint density at radius 1 is 0.630 bits per heavy atom. The van der Waals surface area contributed by atoms with Crippen LogP contribution in [0.2, 0.25) is 0 Å². The molecule has 0 amide bonds. The van der Waals surface area contributed by atoms with Gasteiger partial charge < -0.3 is 30.6 Å². The second kappa shape index (κ2) is 13.1. The summed E-state index contributed by atoms with van der Waals surface area (Å²) in [6.07, 6.45) is -1.32. The van der Waals surface area contributed by atoms with Crippen molar-refractivity contribution in [2.75, 3.05) is 26.4 Å². The van der Waals surface area contributed by atoms with Crippen molar-refractivity contribution in [1.29, 1.82) is 0 Å². The standard InChI is InChI=1S/C11H24O12S2.2Na.2H/c12-4-10(5-13,8(16)24(18,19)20)2-1-3-11(6-14,7-15)9(17)25(21,22)23;;;;/h8-9,12-17H,1-7H2,(H,18,19,20)(H,21,22,23);;;;. The van der Waals surface area contributed by atoms with Crippen LogP contribution in [0, 0.1) is 10.8 Å². The first-order valence-electron chi connectivity index (χ1n) is 6.98. The van der Waals surface area contributed by atoms with E-state index in [2.05, 4.69) is 0 Å². The molecule has 0 fully saturated rings. The molecule has 0 rings (SSSR count). The van der Waals surface area contributed by atoms with E-state index < -0.39 is 81.2 Å². The van der Waals surface area contributed by atoms with Crippen LogP contribution >= 0.6 is 0 Å². The Balaban J connectivity index is -0.00000288. The minimum atomic E-state index is -5.05. The quantitative estimate of drug-likeness (QED) is 0.101. The van der Waals surface area contributed by atoms with Gasteiger partial charge in [-0.2, -0.15) is 16.8 Å². The van der Waals surface area contributed by atoms with Crippen LogP contribution < -0.4 is 0 Å². The number of aliphatic hydroxyl groups excluding tert-OH is 6. The molecule has 0 aromatic carbocycles. The Labute approximate surface area is 201 Å². The first-order chi connectivity index (χ1) is 11.3. The maximum absolute atomic E-state index is 11.1. The molecule has 2 atom stereocenters. The molecule has 156 valence electrons. The summed E-state index contributed by atoms with van der Waals surface area (Å²) in [4.78, 5) is 0. The van der Waals surface area contributed by atoms with Gasteiger partial charge in [-0.15, -0.1) is 0 Å². The van der Waals surface area contributed by atoms with Crippen LogP contribution in [-0.2, 0) is 20.2 Å². The third-order valence-corrected chi connectivity index (χ3v) is 6.35. The topological polar surface area (TPSA) is 230 Å². The van der Waals surface area contributed by atoms with Gasteiger partial charge in [0.2, 0.25) is 0 Å². The zero-order valence-electron chi connectivity index (χ0n) is 13.1. The summed E-state index contributed by atoms with van der Waals surface area (Å²) in [6, 6.07) is 0. The Morgan fingerprint density at radius 2 is 0.852 bits per heavy atom. The van der Waals surface area contributed by atoms with E-state index in [0.29, 0.717) is 0 Å². The summed E-state index contributed by atoms with van der Waals surface area (Å²) in [5, 5.41) is 56.5. The summed E-state index contributed by atoms with van der Waals surface area (Å²) in [6.45, 7) is -4.29. The average Bonchev–Trinajstić information content (AvgIpc) is 2.53. The molecule has 0 bridgehead atoms. The number of hydrogen-bond donors (Lipinski definition) is 8. The van der Waals surface area contributed by atoms with E-state index in [4.69, 9.17) is 9.11 Å². The Bertz CT molecular complexity index is 561. The Morgan fingerprint density at radius 3 is 1.00 bits per heavy atom. The third-order valence-electron chi connectivity index (χ3n) is 4.22. The van der Waals surface area contributed by atoms with Gasteiger partial charge in [0.15, 0.2) is 10.9 Å². The van der Waals surface area contributed by atoms with Crippen LogP contribution in [0.25, 0.3) is 0 Å². The van der Waals surface area contributed by atoms with Crippen molar-refractivity contribution in [1.82, 2.24) is 0 Å². The second-order valence-electron chi connectivity index (χ2n) is 5.95. The van der Waals surface area contributed by atoms with Crippen molar-refractivity contribution in [2.24, 2.45) is 10.8 Å². The van der Waals surface area contributed by atoms with E-state index in [1.54, 1.807) is 0 Å². The Hall–Kier alpha value is 1.58. The second-order valence-corrected chi connectivity index (χ2v) is 8.90. The van der Waals surface area contributed by atoms with Crippen molar-refractivity contribution >= 4 is 79.4 Å². The van der Waals surface area contributed by atoms with Crippen LogP contribution in [0.4, 0.5) is 0 Å². The van der Waals surface area contributed by atoms with E-state index in [9.17, 15) is 47.5 Å². The summed E-state index contributed by atoms with van der Waals surface area (Å²) in [5.41, 5.74) is -9.35. The van der Waals surface area contributed by atoms with E-state index in [1.807, 2.05) is 0 Å². The van der Waals surface area contributed by atoms with Crippen LogP contribution in [0.3, 0.4) is 0 Å². The molecule has 0 aliphatic rings. The van der Waals surface area contributed by atoms with Crippen LogP contribution in [0.15, 0.2) is 0 Å². The fraction of sp³-hybridized carbons (Fsp3) is 1.00. The molecule has 0 spiro atoms. The summed E-state index contributed by atoms with van der Waals surface area (Å²) in [5.74, 6) is 0. The number of aliphatic hydroxyl groups is 6. The molecule has 0 radical (unpaired) electrons. The van der Waals surface area contributed by atoms with Crippen molar-refractivity contribution in [3.05, 3.63) is 0 Å². The average molecular weight is 460 g/mol. The van der Waals surface area contributed by atoms with Gasteiger partial charge in [-0.3, -0.25) is 9.11 Å². The first-order valence-corrected chi connectivity index (χ1v) is 9.99. The molecule has 8 N–H and O–H groups in total. The molecular weight excluding hydrogens is 434 g/mol. The van der Waals surface area contributed by atoms with Gasteiger partial charge in [0.25, 0.3) is 20.2 Å². The first kappa shape index (κ1) is 33.2. The molecular formula is C11H26Na2O12S2. The fourth-order valence-corrected chi connectivity index (χ4v) is 4.20. The fourth-order valence-electron chi connectivity index (χ4n) is 2.40. The zero-order valence-corrected chi connectivity index (χ0v) is 14.8. The summed E-state index contributed by atoms with van der Waals surface area (Å²) < 4.78 is 62.0. The molecule has 12 nitrogen and oxygen atoms in total. The van der Waals surface area contributed by atoms with Crippen molar-refractivity contribution < 1.29 is 56.6 Å². The monoisotopic (exact) mass is 460 g/mol. The van der Waals surface area contributed by atoms with E-state index in [1.165, 1.54) is 0 Å². The van der Waals surface area contributed by atoms with E-state index in [0.717, 1.165) is 0 Å². The molecule has 16 heteroatoms. The van der Waals surface area contributed by atoms with Crippen molar-refractivity contribution in [3.8, 4) is 0 Å². The van der Waals surface area contributed by atoms with E-state index >= 15 is 0 Å². The molecule has 0 aliphatic heterocycles. The van der Waals surface area contributed by atoms with Gasteiger partial charge in [0.05, 0.1) is 37.3 Å². The summed E-state index contributed by atoms with van der Waals surface area (Å²) in [7, 11) is -10.1. The van der Waals surface area contributed by atoms with Gasteiger partial charge in [-0.05, 0) is 12.8 Å². The molecule has 0 saturated heterocycles. The van der Waals surface area contributed by atoms with Gasteiger partial charge in [0.1, 0.15) is 0 Å². The van der Waals surface area contributed by atoms with Gasteiger partial charge in [0, 0.05) is 0 Å². The third kappa shape index (κ3) is 8.69. The summed E-state index contributed by atoms with van der Waals surface area (Å²) >= 11 is 0. The SMILES string of the molecule is O=S(=O)(O)C(O)C(CO)(CO)CCCC(CO)(CO)C(O)S(=O)(=O)O.[NaH].[NaH]. The Kier molecular flexibility index (Phi) is 16.1. The zero-order chi connectivity index (χ0) is 20.1. The van der Waals surface area contributed by atoms with Gasteiger partial charge >= 0.3 is 59.1 Å². The minimum absolute atomic E-state index is 0. The molecule has 27 heavy (non-hydrogen) atoms. The molecule has 0 saturated carbocycles. The molecule has 0 aliphatic carbocycles. The van der Waals surface area contributed by atoms with Crippen molar-refractivity contribution in [3.63, 3.8) is 0 Å². The molecule has 0 heterocycles. The normalized spacial score (nSPS) is 15.4. The predicted octanol–water partition coefficient (Wildman–Crippen LogP) is -4.79. The molecule has 0 aromatic heterocycles. The van der Waals surface area contributed by atoms with Crippen LogP contribution in [0.5, 0.6) is 0 Å². The van der Waals surface area contributed by atoms with Crippen molar-refractivity contribution in [2.45, 2.75) is 30.1 Å². The van der Waals surface area contributed by atoms with Gasteiger partial charge in [-0.25, -0.2) is 0 Å². The van der Waals surface area contributed by atoms with Gasteiger partial charge in [-0.1, -0.05) is 6.42 Å². The van der Waals surface area contributed by atoms with E-state index in [-0.39, 0.29) is 65.5 Å². The maximum atomic E-state index is 11.1. The van der Waals surface area contributed by atoms with Crippen LogP contribution in [0.1, 0.15) is 19.3 Å². The molecule has 2 unspecified atom stereocenters. The van der Waals surface area contributed by atoms with Crippen LogP contribution in [-0.4, -0.2) is 153 Å². The molecule has 0 aromatic rings.